The van der Waals surface area contributed by atoms with E-state index in [0.717, 1.165) is 38.7 Å². The van der Waals surface area contributed by atoms with E-state index in [1.807, 2.05) is 19.4 Å². The van der Waals surface area contributed by atoms with Gasteiger partial charge in [-0.05, 0) is 19.3 Å². The topological polar surface area (TPSA) is 42.3 Å². The summed E-state index contributed by atoms with van der Waals surface area (Å²) in [5.74, 6) is 1.81. The van der Waals surface area contributed by atoms with Gasteiger partial charge in [0.05, 0.1) is 19.3 Å². The van der Waals surface area contributed by atoms with Crippen molar-refractivity contribution in [3.05, 3.63) is 18.2 Å². The Morgan fingerprint density at radius 2 is 2.00 bits per heavy atom. The summed E-state index contributed by atoms with van der Waals surface area (Å²) in [5.41, 5.74) is 0. The number of imidazole rings is 1. The molecule has 120 valence electrons. The van der Waals surface area contributed by atoms with E-state index in [1.165, 1.54) is 6.42 Å². The zero-order valence-electron chi connectivity index (χ0n) is 13.9. The van der Waals surface area contributed by atoms with Crippen molar-refractivity contribution in [2.45, 2.75) is 39.3 Å². The molecule has 2 rings (SSSR count). The summed E-state index contributed by atoms with van der Waals surface area (Å²) in [6.45, 7) is 11.6. The van der Waals surface area contributed by atoms with Crippen LogP contribution in [0.1, 0.15) is 39.1 Å². The largest absolute Gasteiger partial charge is 0.379 e. The Kier molecular flexibility index (Phi) is 6.21. The van der Waals surface area contributed by atoms with Crippen molar-refractivity contribution >= 4 is 0 Å². The van der Waals surface area contributed by atoms with Crippen LogP contribution in [0.15, 0.2) is 12.4 Å². The van der Waals surface area contributed by atoms with Crippen LogP contribution in [0, 0.1) is 5.92 Å². The molecule has 2 heterocycles. The van der Waals surface area contributed by atoms with Crippen LogP contribution in [0.2, 0.25) is 0 Å². The van der Waals surface area contributed by atoms with Gasteiger partial charge in [-0.3, -0.25) is 4.90 Å². The van der Waals surface area contributed by atoms with E-state index in [2.05, 4.69) is 40.5 Å². The van der Waals surface area contributed by atoms with Crippen LogP contribution in [-0.4, -0.2) is 53.3 Å². The molecular formula is C16H30N4O. The molecular weight excluding hydrogens is 264 g/mol. The summed E-state index contributed by atoms with van der Waals surface area (Å²) in [6.07, 6.45) is 5.09. The number of nitrogens with one attached hydrogen (secondary N) is 1. The quantitative estimate of drug-likeness (QED) is 0.833. The van der Waals surface area contributed by atoms with Crippen molar-refractivity contribution in [3.63, 3.8) is 0 Å². The molecule has 1 aromatic rings. The van der Waals surface area contributed by atoms with E-state index in [0.29, 0.717) is 12.0 Å². The van der Waals surface area contributed by atoms with Gasteiger partial charge in [-0.2, -0.15) is 0 Å². The predicted octanol–water partition coefficient (Wildman–Crippen LogP) is 1.82. The Labute approximate surface area is 128 Å². The van der Waals surface area contributed by atoms with E-state index in [-0.39, 0.29) is 6.04 Å². The number of morpholine rings is 1. The Morgan fingerprint density at radius 3 is 2.57 bits per heavy atom. The second-order valence-electron chi connectivity index (χ2n) is 6.46. The van der Waals surface area contributed by atoms with Crippen LogP contribution in [-0.2, 0) is 11.8 Å². The monoisotopic (exact) mass is 294 g/mol. The maximum Gasteiger partial charge on any atom is 0.125 e. The van der Waals surface area contributed by atoms with Crippen molar-refractivity contribution < 1.29 is 4.74 Å². The van der Waals surface area contributed by atoms with Gasteiger partial charge >= 0.3 is 0 Å². The third kappa shape index (κ3) is 4.80. The molecule has 2 unspecified atom stereocenters. The van der Waals surface area contributed by atoms with E-state index in [1.54, 1.807) is 0 Å². The molecule has 1 aromatic heterocycles. The van der Waals surface area contributed by atoms with Gasteiger partial charge in [-0.1, -0.05) is 13.8 Å². The molecule has 1 N–H and O–H groups in total. The van der Waals surface area contributed by atoms with Gasteiger partial charge in [0, 0.05) is 45.1 Å². The lowest BCUT2D eigenvalue weighted by molar-refractivity contribution is 0.0118. The normalized spacial score (nSPS) is 19.9. The first-order valence-corrected chi connectivity index (χ1v) is 8.10. The average molecular weight is 294 g/mol. The van der Waals surface area contributed by atoms with Gasteiger partial charge in [0.1, 0.15) is 5.82 Å². The predicted molar refractivity (Wildman–Crippen MR) is 85.3 cm³/mol. The van der Waals surface area contributed by atoms with Gasteiger partial charge in [0.15, 0.2) is 0 Å². The number of aryl methyl sites for hydroxylation is 1. The lowest BCUT2D eigenvalue weighted by atomic mass is 10.0. The summed E-state index contributed by atoms with van der Waals surface area (Å²) >= 11 is 0. The van der Waals surface area contributed by atoms with Crippen LogP contribution < -0.4 is 5.32 Å². The minimum Gasteiger partial charge on any atom is -0.379 e. The Bertz CT molecular complexity index is 412. The standard InChI is InChI=1S/C16H30N4O/c1-13(2)11-15(20-7-9-21-10-8-20)12-18-14(3)16-17-5-6-19(16)4/h5-6,13-15,18H,7-12H2,1-4H3. The number of ether oxygens (including phenoxy) is 1. The Morgan fingerprint density at radius 1 is 1.29 bits per heavy atom. The molecule has 0 saturated carbocycles. The van der Waals surface area contributed by atoms with Crippen molar-refractivity contribution in [2.24, 2.45) is 13.0 Å². The maximum absolute atomic E-state index is 5.48. The summed E-state index contributed by atoms with van der Waals surface area (Å²) in [6, 6.07) is 0.859. The van der Waals surface area contributed by atoms with Gasteiger partial charge in [0.25, 0.3) is 0 Å². The molecule has 0 aromatic carbocycles. The minimum atomic E-state index is 0.278. The number of rotatable bonds is 7. The van der Waals surface area contributed by atoms with Crippen LogP contribution >= 0.6 is 0 Å². The highest BCUT2D eigenvalue weighted by Gasteiger charge is 2.22. The van der Waals surface area contributed by atoms with E-state index >= 15 is 0 Å². The number of aromatic nitrogens is 2. The molecule has 0 bridgehead atoms. The molecule has 2 atom stereocenters. The number of nitrogens with zero attached hydrogens (tertiary/aromatic N) is 3. The van der Waals surface area contributed by atoms with Gasteiger partial charge < -0.3 is 14.6 Å². The third-order valence-electron chi connectivity index (χ3n) is 4.21. The van der Waals surface area contributed by atoms with Crippen molar-refractivity contribution in [1.82, 2.24) is 19.8 Å². The van der Waals surface area contributed by atoms with Crippen LogP contribution in [0.5, 0.6) is 0 Å². The Hall–Kier alpha value is -0.910. The van der Waals surface area contributed by atoms with Crippen LogP contribution in [0.3, 0.4) is 0 Å². The summed E-state index contributed by atoms with van der Waals surface area (Å²) in [7, 11) is 2.05. The lowest BCUT2D eigenvalue weighted by Gasteiger charge is -2.36. The fourth-order valence-electron chi connectivity index (χ4n) is 3.05. The molecule has 1 saturated heterocycles. The molecule has 0 aliphatic carbocycles. The molecule has 5 heteroatoms. The molecule has 21 heavy (non-hydrogen) atoms. The van der Waals surface area contributed by atoms with Gasteiger partial charge in [-0.25, -0.2) is 4.98 Å². The second kappa shape index (κ2) is 7.92. The highest BCUT2D eigenvalue weighted by atomic mass is 16.5. The zero-order valence-corrected chi connectivity index (χ0v) is 13.9. The fraction of sp³-hybridized carbons (Fsp3) is 0.812. The SMILES string of the molecule is CC(C)CC(CNC(C)c1nccn1C)N1CCOCC1. The summed E-state index contributed by atoms with van der Waals surface area (Å²) in [5, 5.41) is 3.66. The van der Waals surface area contributed by atoms with Crippen LogP contribution in [0.25, 0.3) is 0 Å². The van der Waals surface area contributed by atoms with Crippen LogP contribution in [0.4, 0.5) is 0 Å². The fourth-order valence-corrected chi connectivity index (χ4v) is 3.05. The number of hydrogen-bond acceptors (Lipinski definition) is 4. The molecule has 0 spiro atoms. The van der Waals surface area contributed by atoms with Gasteiger partial charge in [0.2, 0.25) is 0 Å². The maximum atomic E-state index is 5.48. The highest BCUT2D eigenvalue weighted by molar-refractivity contribution is 4.97. The number of hydrogen-bond donors (Lipinski definition) is 1. The van der Waals surface area contributed by atoms with Gasteiger partial charge in [-0.15, -0.1) is 0 Å². The average Bonchev–Trinajstić information content (AvgIpc) is 2.90. The minimum absolute atomic E-state index is 0.278. The van der Waals surface area contributed by atoms with E-state index < -0.39 is 0 Å². The van der Waals surface area contributed by atoms with E-state index in [9.17, 15) is 0 Å². The summed E-state index contributed by atoms with van der Waals surface area (Å²) in [4.78, 5) is 7.01. The van der Waals surface area contributed by atoms with Crippen molar-refractivity contribution in [2.75, 3.05) is 32.8 Å². The molecule has 5 nitrogen and oxygen atoms in total. The second-order valence-corrected chi connectivity index (χ2v) is 6.46. The molecule has 1 aliphatic rings. The smallest absolute Gasteiger partial charge is 0.125 e. The lowest BCUT2D eigenvalue weighted by Crippen LogP contribution is -2.48. The molecule has 0 amide bonds. The van der Waals surface area contributed by atoms with Crippen molar-refractivity contribution in [1.29, 1.82) is 0 Å². The first-order chi connectivity index (χ1) is 10.1. The first kappa shape index (κ1) is 16.5. The summed E-state index contributed by atoms with van der Waals surface area (Å²) < 4.78 is 7.57. The molecule has 1 fully saturated rings. The molecule has 0 radical (unpaired) electrons. The zero-order chi connectivity index (χ0) is 15.2. The van der Waals surface area contributed by atoms with Crippen molar-refractivity contribution in [3.8, 4) is 0 Å². The third-order valence-corrected chi connectivity index (χ3v) is 4.21. The Balaban J connectivity index is 1.90. The molecule has 1 aliphatic heterocycles. The van der Waals surface area contributed by atoms with E-state index in [4.69, 9.17) is 4.74 Å². The first-order valence-electron chi connectivity index (χ1n) is 8.10. The highest BCUT2D eigenvalue weighted by Crippen LogP contribution is 2.15.